The van der Waals surface area contributed by atoms with Gasteiger partial charge in [0.25, 0.3) is 0 Å². The van der Waals surface area contributed by atoms with Gasteiger partial charge in [0, 0.05) is 6.42 Å². The molecule has 80 valence electrons. The second-order valence-electron chi connectivity index (χ2n) is 3.06. The van der Waals surface area contributed by atoms with E-state index in [1.165, 1.54) is 18.2 Å². The van der Waals surface area contributed by atoms with Gasteiger partial charge in [-0.25, -0.2) is 9.59 Å². The first-order chi connectivity index (χ1) is 7.00. The molecule has 0 unspecified atom stereocenters. The van der Waals surface area contributed by atoms with Gasteiger partial charge in [-0.3, -0.25) is 0 Å². The SMILES string of the molecule is O=C(O)c1cccc(C[C@@H](O)C(=O)O)c1. The van der Waals surface area contributed by atoms with E-state index in [1.807, 2.05) is 0 Å². The van der Waals surface area contributed by atoms with Crippen molar-refractivity contribution in [2.24, 2.45) is 0 Å². The minimum atomic E-state index is -1.51. The summed E-state index contributed by atoms with van der Waals surface area (Å²) >= 11 is 0. The lowest BCUT2D eigenvalue weighted by molar-refractivity contribution is -0.146. The van der Waals surface area contributed by atoms with E-state index in [-0.39, 0.29) is 12.0 Å². The van der Waals surface area contributed by atoms with Crippen LogP contribution in [-0.2, 0) is 11.2 Å². The van der Waals surface area contributed by atoms with Crippen LogP contribution in [0, 0.1) is 0 Å². The van der Waals surface area contributed by atoms with E-state index in [9.17, 15) is 9.59 Å². The molecule has 0 amide bonds. The van der Waals surface area contributed by atoms with Crippen molar-refractivity contribution >= 4 is 11.9 Å². The van der Waals surface area contributed by atoms with E-state index in [4.69, 9.17) is 15.3 Å². The van der Waals surface area contributed by atoms with Crippen molar-refractivity contribution in [1.29, 1.82) is 0 Å². The van der Waals surface area contributed by atoms with Crippen LogP contribution in [0.2, 0.25) is 0 Å². The summed E-state index contributed by atoms with van der Waals surface area (Å²) in [7, 11) is 0. The molecule has 5 nitrogen and oxygen atoms in total. The third-order valence-corrected chi connectivity index (χ3v) is 1.89. The van der Waals surface area contributed by atoms with E-state index in [0.29, 0.717) is 5.56 Å². The maximum atomic E-state index is 10.6. The largest absolute Gasteiger partial charge is 0.479 e. The quantitative estimate of drug-likeness (QED) is 0.667. The van der Waals surface area contributed by atoms with Gasteiger partial charge in [-0.15, -0.1) is 0 Å². The highest BCUT2D eigenvalue weighted by molar-refractivity contribution is 5.87. The van der Waals surface area contributed by atoms with Crippen LogP contribution in [-0.4, -0.2) is 33.4 Å². The Balaban J connectivity index is 2.82. The van der Waals surface area contributed by atoms with Crippen molar-refractivity contribution in [2.45, 2.75) is 12.5 Å². The molecule has 0 aromatic heterocycles. The van der Waals surface area contributed by atoms with E-state index in [0.717, 1.165) is 0 Å². The number of aliphatic hydroxyl groups excluding tert-OH is 1. The molecular weight excluding hydrogens is 200 g/mol. The van der Waals surface area contributed by atoms with Crippen LogP contribution in [0.5, 0.6) is 0 Å². The molecule has 0 fully saturated rings. The van der Waals surface area contributed by atoms with Crippen LogP contribution in [0.1, 0.15) is 15.9 Å². The second-order valence-corrected chi connectivity index (χ2v) is 3.06. The lowest BCUT2D eigenvalue weighted by atomic mass is 10.1. The number of aliphatic carboxylic acids is 1. The molecule has 5 heteroatoms. The Morgan fingerprint density at radius 2 is 1.93 bits per heavy atom. The summed E-state index contributed by atoms with van der Waals surface area (Å²) < 4.78 is 0. The molecule has 0 saturated carbocycles. The summed E-state index contributed by atoms with van der Waals surface area (Å²) in [6, 6.07) is 5.82. The van der Waals surface area contributed by atoms with E-state index in [1.54, 1.807) is 6.07 Å². The van der Waals surface area contributed by atoms with Gasteiger partial charge in [-0.1, -0.05) is 12.1 Å². The smallest absolute Gasteiger partial charge is 0.335 e. The van der Waals surface area contributed by atoms with Gasteiger partial charge in [0.2, 0.25) is 0 Å². The predicted molar refractivity (Wildman–Crippen MR) is 50.7 cm³/mol. The fourth-order valence-corrected chi connectivity index (χ4v) is 1.14. The molecule has 1 rings (SSSR count). The molecule has 1 aromatic carbocycles. The summed E-state index contributed by atoms with van der Waals surface area (Å²) in [6.07, 6.45) is -1.61. The number of rotatable bonds is 4. The van der Waals surface area contributed by atoms with Gasteiger partial charge < -0.3 is 15.3 Å². The maximum absolute atomic E-state index is 10.6. The molecule has 0 heterocycles. The molecular formula is C10H10O5. The number of carbonyl (C=O) groups is 2. The lowest BCUT2D eigenvalue weighted by Gasteiger charge is -2.05. The van der Waals surface area contributed by atoms with Gasteiger partial charge in [0.05, 0.1) is 5.56 Å². The Morgan fingerprint density at radius 3 is 2.47 bits per heavy atom. The number of hydrogen-bond donors (Lipinski definition) is 3. The van der Waals surface area contributed by atoms with Gasteiger partial charge in [-0.05, 0) is 17.7 Å². The predicted octanol–water partition coefficient (Wildman–Crippen LogP) is 0.373. The average Bonchev–Trinajstić information content (AvgIpc) is 2.18. The molecule has 1 atom stereocenters. The first-order valence-corrected chi connectivity index (χ1v) is 4.24. The Morgan fingerprint density at radius 1 is 1.27 bits per heavy atom. The van der Waals surface area contributed by atoms with Crippen LogP contribution in [0.25, 0.3) is 0 Å². The van der Waals surface area contributed by atoms with Crippen molar-refractivity contribution in [3.8, 4) is 0 Å². The molecule has 0 aliphatic rings. The van der Waals surface area contributed by atoms with Crippen molar-refractivity contribution < 1.29 is 24.9 Å². The Kier molecular flexibility index (Phi) is 3.41. The number of aromatic carboxylic acids is 1. The molecule has 0 saturated heterocycles. The Labute approximate surface area is 85.6 Å². The van der Waals surface area contributed by atoms with Crippen LogP contribution < -0.4 is 0 Å². The molecule has 0 aliphatic heterocycles. The van der Waals surface area contributed by atoms with Crippen molar-refractivity contribution in [3.63, 3.8) is 0 Å². The fraction of sp³-hybridized carbons (Fsp3) is 0.200. The zero-order valence-corrected chi connectivity index (χ0v) is 7.75. The minimum absolute atomic E-state index is 0.0742. The van der Waals surface area contributed by atoms with E-state index >= 15 is 0 Å². The van der Waals surface area contributed by atoms with Gasteiger partial charge in [-0.2, -0.15) is 0 Å². The zero-order chi connectivity index (χ0) is 11.4. The third-order valence-electron chi connectivity index (χ3n) is 1.89. The highest BCUT2D eigenvalue weighted by Gasteiger charge is 2.14. The normalized spacial score (nSPS) is 12.1. The number of hydrogen-bond acceptors (Lipinski definition) is 3. The summed E-state index contributed by atoms with van der Waals surface area (Å²) in [6.45, 7) is 0. The number of aliphatic hydroxyl groups is 1. The summed E-state index contributed by atoms with van der Waals surface area (Å²) in [5, 5.41) is 26.2. The summed E-state index contributed by atoms with van der Waals surface area (Å²) in [5.41, 5.74) is 0.551. The minimum Gasteiger partial charge on any atom is -0.479 e. The first-order valence-electron chi connectivity index (χ1n) is 4.24. The number of carboxylic acids is 2. The van der Waals surface area contributed by atoms with Crippen LogP contribution in [0.4, 0.5) is 0 Å². The molecule has 0 aliphatic carbocycles. The summed E-state index contributed by atoms with van der Waals surface area (Å²) in [4.78, 5) is 21.0. The topological polar surface area (TPSA) is 94.8 Å². The van der Waals surface area contributed by atoms with Gasteiger partial charge in [0.15, 0.2) is 6.10 Å². The van der Waals surface area contributed by atoms with E-state index < -0.39 is 18.0 Å². The molecule has 0 radical (unpaired) electrons. The van der Waals surface area contributed by atoms with Crippen molar-refractivity contribution in [1.82, 2.24) is 0 Å². The standard InChI is InChI=1S/C10H10O5/c11-8(10(14)15)5-6-2-1-3-7(4-6)9(12)13/h1-4,8,11H,5H2,(H,12,13)(H,14,15)/t8-/m1/s1. The van der Waals surface area contributed by atoms with Gasteiger partial charge >= 0.3 is 11.9 Å². The average molecular weight is 210 g/mol. The summed E-state index contributed by atoms with van der Waals surface area (Å²) in [5.74, 6) is -2.41. The first kappa shape index (κ1) is 11.2. The van der Waals surface area contributed by atoms with E-state index in [2.05, 4.69) is 0 Å². The second kappa shape index (κ2) is 4.56. The van der Waals surface area contributed by atoms with Crippen LogP contribution in [0.15, 0.2) is 24.3 Å². The fourth-order valence-electron chi connectivity index (χ4n) is 1.14. The number of benzene rings is 1. The molecule has 15 heavy (non-hydrogen) atoms. The Hall–Kier alpha value is -1.88. The monoisotopic (exact) mass is 210 g/mol. The molecule has 0 spiro atoms. The molecule has 3 N–H and O–H groups in total. The van der Waals surface area contributed by atoms with Gasteiger partial charge in [0.1, 0.15) is 0 Å². The van der Waals surface area contributed by atoms with Crippen molar-refractivity contribution in [3.05, 3.63) is 35.4 Å². The number of carboxylic acid groups (broad SMARTS) is 2. The maximum Gasteiger partial charge on any atom is 0.335 e. The third kappa shape index (κ3) is 3.07. The lowest BCUT2D eigenvalue weighted by Crippen LogP contribution is -2.22. The zero-order valence-electron chi connectivity index (χ0n) is 7.75. The van der Waals surface area contributed by atoms with Crippen molar-refractivity contribution in [2.75, 3.05) is 0 Å². The highest BCUT2D eigenvalue weighted by atomic mass is 16.4. The molecule has 1 aromatic rings. The van der Waals surface area contributed by atoms with Crippen LogP contribution >= 0.6 is 0 Å². The highest BCUT2D eigenvalue weighted by Crippen LogP contribution is 2.08. The molecule has 0 bridgehead atoms. The Bertz CT molecular complexity index is 385. The van der Waals surface area contributed by atoms with Crippen LogP contribution in [0.3, 0.4) is 0 Å².